The molecule has 1 aliphatic rings. The van der Waals surface area contributed by atoms with Crippen molar-refractivity contribution in [1.29, 1.82) is 0 Å². The van der Waals surface area contributed by atoms with Gasteiger partial charge in [-0.1, -0.05) is 36.3 Å². The van der Waals surface area contributed by atoms with E-state index in [0.29, 0.717) is 11.4 Å². The van der Waals surface area contributed by atoms with Gasteiger partial charge in [-0.2, -0.15) is 0 Å². The lowest BCUT2D eigenvalue weighted by Gasteiger charge is -2.26. The SMILES string of the molecule is CCOC(=O)C[C@H](NC(=O)C1(CC)CC(c2nccc3ccccc23)=NO1)C(=O)CF. The van der Waals surface area contributed by atoms with Crippen LogP contribution < -0.4 is 5.32 Å². The second kappa shape index (κ2) is 9.63. The molecule has 1 N–H and O–H groups in total. The zero-order valence-electron chi connectivity index (χ0n) is 17.4. The highest BCUT2D eigenvalue weighted by atomic mass is 19.1. The summed E-state index contributed by atoms with van der Waals surface area (Å²) in [7, 11) is 0. The Kier molecular flexibility index (Phi) is 6.94. The first-order valence-electron chi connectivity index (χ1n) is 10.1. The molecule has 1 amide bonds. The van der Waals surface area contributed by atoms with Crippen molar-refractivity contribution in [3.63, 3.8) is 0 Å². The monoisotopic (exact) mass is 429 g/mol. The summed E-state index contributed by atoms with van der Waals surface area (Å²) >= 11 is 0. The van der Waals surface area contributed by atoms with Gasteiger partial charge in [-0.25, -0.2) is 4.39 Å². The summed E-state index contributed by atoms with van der Waals surface area (Å²) in [5.74, 6) is -2.27. The Morgan fingerprint density at radius 3 is 2.74 bits per heavy atom. The molecule has 0 radical (unpaired) electrons. The molecule has 8 nitrogen and oxygen atoms in total. The van der Waals surface area contributed by atoms with Crippen LogP contribution in [-0.4, -0.2) is 53.3 Å². The standard InChI is InChI=1S/C22H24FN3O5/c1-3-22(21(29)25-16(18(27)13-23)11-19(28)30-4-2)12-17(26-31-22)20-15-8-6-5-7-14(15)9-10-24-20/h5-10,16H,3-4,11-13H2,1-2H3,(H,25,29)/t16-,22?/m0/s1. The predicted octanol–water partition coefficient (Wildman–Crippen LogP) is 2.48. The number of benzene rings is 1. The maximum Gasteiger partial charge on any atom is 0.308 e. The van der Waals surface area contributed by atoms with Crippen LogP contribution in [0.5, 0.6) is 0 Å². The minimum Gasteiger partial charge on any atom is -0.466 e. The second-order valence-corrected chi connectivity index (χ2v) is 7.17. The van der Waals surface area contributed by atoms with Gasteiger partial charge < -0.3 is 14.9 Å². The van der Waals surface area contributed by atoms with Crippen molar-refractivity contribution in [3.8, 4) is 0 Å². The molecule has 0 aliphatic carbocycles. The Morgan fingerprint density at radius 2 is 2.03 bits per heavy atom. The van der Waals surface area contributed by atoms with Crippen LogP contribution >= 0.6 is 0 Å². The number of pyridine rings is 1. The molecule has 1 aromatic carbocycles. The van der Waals surface area contributed by atoms with Crippen LogP contribution in [0.4, 0.5) is 4.39 Å². The number of esters is 1. The van der Waals surface area contributed by atoms with E-state index >= 15 is 0 Å². The van der Waals surface area contributed by atoms with Crippen LogP contribution in [0.2, 0.25) is 0 Å². The second-order valence-electron chi connectivity index (χ2n) is 7.17. The Hall–Kier alpha value is -3.36. The number of aromatic nitrogens is 1. The number of halogens is 1. The van der Waals surface area contributed by atoms with Gasteiger partial charge in [0.05, 0.1) is 18.7 Å². The molecule has 9 heteroatoms. The number of amides is 1. The number of fused-ring (bicyclic) bond motifs is 1. The lowest BCUT2D eigenvalue weighted by Crippen LogP contribution is -2.53. The maximum absolute atomic E-state index is 13.1. The zero-order valence-corrected chi connectivity index (χ0v) is 17.4. The van der Waals surface area contributed by atoms with Crippen molar-refractivity contribution in [2.75, 3.05) is 13.3 Å². The summed E-state index contributed by atoms with van der Waals surface area (Å²) in [6, 6.07) is 8.17. The summed E-state index contributed by atoms with van der Waals surface area (Å²) in [6.45, 7) is 2.15. The van der Waals surface area contributed by atoms with Crippen molar-refractivity contribution < 1.29 is 28.3 Å². The largest absolute Gasteiger partial charge is 0.466 e. The Labute approximate surface area is 178 Å². The van der Waals surface area contributed by atoms with Crippen LogP contribution in [-0.2, 0) is 24.0 Å². The van der Waals surface area contributed by atoms with Gasteiger partial charge in [0, 0.05) is 18.0 Å². The molecule has 0 spiro atoms. The van der Waals surface area contributed by atoms with Crippen molar-refractivity contribution in [1.82, 2.24) is 10.3 Å². The van der Waals surface area contributed by atoms with Gasteiger partial charge in [-0.05, 0) is 24.8 Å². The predicted molar refractivity (Wildman–Crippen MR) is 111 cm³/mol. The summed E-state index contributed by atoms with van der Waals surface area (Å²) < 4.78 is 17.8. The number of alkyl halides is 1. The summed E-state index contributed by atoms with van der Waals surface area (Å²) in [6.07, 6.45) is 1.56. The normalized spacial score (nSPS) is 18.7. The van der Waals surface area contributed by atoms with Gasteiger partial charge in [0.15, 0.2) is 5.78 Å². The molecule has 164 valence electrons. The summed E-state index contributed by atoms with van der Waals surface area (Å²) in [5, 5.41) is 8.40. The lowest BCUT2D eigenvalue weighted by molar-refractivity contribution is -0.149. The fourth-order valence-electron chi connectivity index (χ4n) is 3.44. The number of ether oxygens (including phenoxy) is 1. The van der Waals surface area contributed by atoms with Crippen LogP contribution in [0.1, 0.15) is 38.8 Å². The molecule has 0 saturated carbocycles. The quantitative estimate of drug-likeness (QED) is 0.614. The number of nitrogens with one attached hydrogen (secondary N) is 1. The molecule has 1 aliphatic heterocycles. The van der Waals surface area contributed by atoms with E-state index in [1.165, 1.54) is 0 Å². The van der Waals surface area contributed by atoms with E-state index in [-0.39, 0.29) is 19.4 Å². The summed E-state index contributed by atoms with van der Waals surface area (Å²) in [5.41, 5.74) is -0.297. The maximum atomic E-state index is 13.1. The smallest absolute Gasteiger partial charge is 0.308 e. The van der Waals surface area contributed by atoms with Gasteiger partial charge in [0.25, 0.3) is 5.91 Å². The third kappa shape index (κ3) is 4.70. The average molecular weight is 429 g/mol. The molecule has 2 atom stereocenters. The van der Waals surface area contributed by atoms with Crippen LogP contribution in [0.25, 0.3) is 10.8 Å². The van der Waals surface area contributed by atoms with E-state index in [0.717, 1.165) is 10.8 Å². The molecule has 1 aromatic heterocycles. The number of ketones is 1. The number of rotatable bonds is 9. The molecule has 0 bridgehead atoms. The Bertz CT molecular complexity index is 1020. The van der Waals surface area contributed by atoms with E-state index < -0.39 is 42.4 Å². The number of carbonyl (C=O) groups excluding carboxylic acids is 3. The fraction of sp³-hybridized carbons (Fsp3) is 0.409. The Morgan fingerprint density at radius 1 is 1.26 bits per heavy atom. The number of hydrogen-bond acceptors (Lipinski definition) is 7. The van der Waals surface area contributed by atoms with E-state index in [4.69, 9.17) is 9.57 Å². The summed E-state index contributed by atoms with van der Waals surface area (Å²) in [4.78, 5) is 46.7. The molecule has 2 aromatic rings. The van der Waals surface area contributed by atoms with E-state index in [9.17, 15) is 18.8 Å². The number of oxime groups is 1. The molecule has 0 fully saturated rings. The minimum atomic E-state index is -1.39. The Balaban J connectivity index is 1.80. The topological polar surface area (TPSA) is 107 Å². The molecular weight excluding hydrogens is 405 g/mol. The third-order valence-electron chi connectivity index (χ3n) is 5.22. The molecule has 1 unspecified atom stereocenters. The van der Waals surface area contributed by atoms with Gasteiger partial charge in [-0.15, -0.1) is 0 Å². The highest BCUT2D eigenvalue weighted by Crippen LogP contribution is 2.32. The van der Waals surface area contributed by atoms with Crippen LogP contribution in [0.15, 0.2) is 41.7 Å². The highest BCUT2D eigenvalue weighted by Gasteiger charge is 2.47. The lowest BCUT2D eigenvalue weighted by atomic mass is 9.90. The van der Waals surface area contributed by atoms with Crippen molar-refractivity contribution in [3.05, 3.63) is 42.2 Å². The average Bonchev–Trinajstić information content (AvgIpc) is 3.23. The van der Waals surface area contributed by atoms with E-state index in [1.54, 1.807) is 20.0 Å². The first-order chi connectivity index (χ1) is 14.9. The van der Waals surface area contributed by atoms with Crippen molar-refractivity contribution in [2.24, 2.45) is 5.16 Å². The van der Waals surface area contributed by atoms with Gasteiger partial charge in [0.1, 0.15) is 18.4 Å². The number of carbonyl (C=O) groups is 3. The number of nitrogens with zero attached hydrogens (tertiary/aromatic N) is 2. The number of Topliss-reactive ketones (excluding diaryl/α,β-unsaturated/α-hetero) is 1. The molecule has 2 heterocycles. The minimum absolute atomic E-state index is 0.112. The first kappa shape index (κ1) is 22.3. The zero-order chi connectivity index (χ0) is 22.4. The highest BCUT2D eigenvalue weighted by molar-refractivity contribution is 6.12. The van der Waals surface area contributed by atoms with Crippen LogP contribution in [0, 0.1) is 0 Å². The fourth-order valence-corrected chi connectivity index (χ4v) is 3.44. The molecule has 0 saturated heterocycles. The van der Waals surface area contributed by atoms with Gasteiger partial charge in [-0.3, -0.25) is 19.4 Å². The molecular formula is C22H24FN3O5. The van der Waals surface area contributed by atoms with Crippen molar-refractivity contribution in [2.45, 2.75) is 44.8 Å². The van der Waals surface area contributed by atoms with Crippen LogP contribution in [0.3, 0.4) is 0 Å². The van der Waals surface area contributed by atoms with Gasteiger partial charge >= 0.3 is 5.97 Å². The molecule has 31 heavy (non-hydrogen) atoms. The van der Waals surface area contributed by atoms with Crippen molar-refractivity contribution >= 4 is 34.1 Å². The van der Waals surface area contributed by atoms with Gasteiger partial charge in [0.2, 0.25) is 5.60 Å². The third-order valence-corrected chi connectivity index (χ3v) is 5.22. The first-order valence-corrected chi connectivity index (χ1v) is 10.1. The van der Waals surface area contributed by atoms with E-state index in [1.807, 2.05) is 30.3 Å². The number of hydrogen-bond donors (Lipinski definition) is 1. The molecule has 3 rings (SSSR count). The van der Waals surface area contributed by atoms with E-state index in [2.05, 4.69) is 15.5 Å².